The Labute approximate surface area is 139 Å². The van der Waals surface area contributed by atoms with Gasteiger partial charge in [-0.2, -0.15) is 0 Å². The molecule has 23 heavy (non-hydrogen) atoms. The largest absolute Gasteiger partial charge is 0.350 e. The molecule has 1 aliphatic rings. The normalized spacial score (nSPS) is 15.6. The van der Waals surface area contributed by atoms with Crippen molar-refractivity contribution >= 4 is 23.2 Å². The van der Waals surface area contributed by atoms with Gasteiger partial charge in [-0.25, -0.2) is 15.0 Å². The van der Waals surface area contributed by atoms with Crippen LogP contribution < -0.4 is 10.2 Å². The maximum Gasteiger partial charge on any atom is 0.263 e. The van der Waals surface area contributed by atoms with E-state index in [2.05, 4.69) is 30.1 Å². The number of hydrogen-bond acceptors (Lipinski definition) is 7. The summed E-state index contributed by atoms with van der Waals surface area (Å²) < 4.78 is 0. The molecule has 8 heteroatoms. The number of thiazole rings is 1. The van der Waals surface area contributed by atoms with E-state index in [4.69, 9.17) is 0 Å². The Bertz CT molecular complexity index is 638. The monoisotopic (exact) mass is 332 g/mol. The average molecular weight is 332 g/mol. The molecule has 0 saturated carbocycles. The molecule has 0 unspecified atom stereocenters. The van der Waals surface area contributed by atoms with Crippen LogP contribution in [0.2, 0.25) is 0 Å². The third-order valence-electron chi connectivity index (χ3n) is 3.77. The summed E-state index contributed by atoms with van der Waals surface area (Å²) in [6, 6.07) is 1.83. The number of nitrogens with zero attached hydrogens (tertiary/aromatic N) is 5. The SMILES string of the molecule is Cc1ncc(C(=O)NCCN2CCN(c3ncccn3)CC2)s1. The van der Waals surface area contributed by atoms with Gasteiger partial charge < -0.3 is 10.2 Å². The number of amides is 1. The van der Waals surface area contributed by atoms with Crippen molar-refractivity contribution in [3.8, 4) is 0 Å². The van der Waals surface area contributed by atoms with Crippen LogP contribution in [-0.4, -0.2) is 65.0 Å². The number of carbonyl (C=O) groups is 1. The first-order valence-corrected chi connectivity index (χ1v) is 8.49. The topological polar surface area (TPSA) is 74.2 Å². The summed E-state index contributed by atoms with van der Waals surface area (Å²) in [6.45, 7) is 7.13. The van der Waals surface area contributed by atoms with E-state index >= 15 is 0 Å². The Balaban J connectivity index is 1.39. The molecule has 0 atom stereocenters. The molecule has 1 N–H and O–H groups in total. The Morgan fingerprint density at radius 2 is 1.96 bits per heavy atom. The molecule has 0 bridgehead atoms. The number of piperazine rings is 1. The minimum atomic E-state index is -0.0353. The van der Waals surface area contributed by atoms with Gasteiger partial charge in [0, 0.05) is 51.7 Å². The molecule has 0 spiro atoms. The Hall–Kier alpha value is -2.06. The summed E-state index contributed by atoms with van der Waals surface area (Å²) in [5.41, 5.74) is 0. The molecular weight excluding hydrogens is 312 g/mol. The van der Waals surface area contributed by atoms with Crippen LogP contribution in [0.3, 0.4) is 0 Å². The predicted molar refractivity (Wildman–Crippen MR) is 89.9 cm³/mol. The quantitative estimate of drug-likeness (QED) is 0.873. The lowest BCUT2D eigenvalue weighted by atomic mass is 10.3. The number of hydrogen-bond donors (Lipinski definition) is 1. The Morgan fingerprint density at radius 1 is 1.22 bits per heavy atom. The third kappa shape index (κ3) is 4.23. The van der Waals surface area contributed by atoms with Crippen LogP contribution in [0.5, 0.6) is 0 Å². The van der Waals surface area contributed by atoms with E-state index in [-0.39, 0.29) is 5.91 Å². The fraction of sp³-hybridized carbons (Fsp3) is 0.467. The average Bonchev–Trinajstić information content (AvgIpc) is 3.03. The second kappa shape index (κ2) is 7.47. The zero-order valence-electron chi connectivity index (χ0n) is 13.1. The van der Waals surface area contributed by atoms with Gasteiger partial charge in [0.2, 0.25) is 5.95 Å². The van der Waals surface area contributed by atoms with Gasteiger partial charge in [0.15, 0.2) is 0 Å². The lowest BCUT2D eigenvalue weighted by Crippen LogP contribution is -2.48. The zero-order chi connectivity index (χ0) is 16.1. The second-order valence-electron chi connectivity index (χ2n) is 5.38. The predicted octanol–water partition coefficient (Wildman–Crippen LogP) is 0.794. The summed E-state index contributed by atoms with van der Waals surface area (Å²) >= 11 is 1.42. The number of aryl methyl sites for hydroxylation is 1. The molecule has 2 aromatic rings. The van der Waals surface area contributed by atoms with Crippen LogP contribution in [0.15, 0.2) is 24.7 Å². The second-order valence-corrected chi connectivity index (χ2v) is 6.61. The third-order valence-corrected chi connectivity index (χ3v) is 4.68. The van der Waals surface area contributed by atoms with Crippen LogP contribution >= 0.6 is 11.3 Å². The molecule has 1 saturated heterocycles. The lowest BCUT2D eigenvalue weighted by Gasteiger charge is -2.34. The van der Waals surface area contributed by atoms with Crippen LogP contribution in [-0.2, 0) is 0 Å². The van der Waals surface area contributed by atoms with Gasteiger partial charge in [0.05, 0.1) is 11.2 Å². The molecule has 3 heterocycles. The lowest BCUT2D eigenvalue weighted by molar-refractivity contribution is 0.0951. The smallest absolute Gasteiger partial charge is 0.263 e. The van der Waals surface area contributed by atoms with Crippen LogP contribution in [0.25, 0.3) is 0 Å². The van der Waals surface area contributed by atoms with Gasteiger partial charge in [0.1, 0.15) is 4.88 Å². The minimum Gasteiger partial charge on any atom is -0.350 e. The minimum absolute atomic E-state index is 0.0353. The molecule has 2 aromatic heterocycles. The van der Waals surface area contributed by atoms with Gasteiger partial charge in [-0.15, -0.1) is 11.3 Å². The van der Waals surface area contributed by atoms with E-state index in [0.29, 0.717) is 11.4 Å². The van der Waals surface area contributed by atoms with Gasteiger partial charge >= 0.3 is 0 Å². The zero-order valence-corrected chi connectivity index (χ0v) is 13.9. The summed E-state index contributed by atoms with van der Waals surface area (Å²) in [7, 11) is 0. The first-order valence-electron chi connectivity index (χ1n) is 7.67. The van der Waals surface area contributed by atoms with Crippen molar-refractivity contribution in [2.24, 2.45) is 0 Å². The molecule has 1 amide bonds. The number of carbonyl (C=O) groups excluding carboxylic acids is 1. The first-order chi connectivity index (χ1) is 11.2. The van der Waals surface area contributed by atoms with Gasteiger partial charge in [-0.1, -0.05) is 0 Å². The van der Waals surface area contributed by atoms with Crippen LogP contribution in [0, 0.1) is 6.92 Å². The number of rotatable bonds is 5. The molecule has 7 nitrogen and oxygen atoms in total. The van der Waals surface area contributed by atoms with E-state index in [0.717, 1.165) is 43.7 Å². The fourth-order valence-corrected chi connectivity index (χ4v) is 3.20. The van der Waals surface area contributed by atoms with E-state index < -0.39 is 0 Å². The summed E-state index contributed by atoms with van der Waals surface area (Å²) in [6.07, 6.45) is 5.17. The van der Waals surface area contributed by atoms with Crippen molar-refractivity contribution in [1.82, 2.24) is 25.2 Å². The summed E-state index contributed by atoms with van der Waals surface area (Å²) in [5.74, 6) is 0.757. The molecule has 122 valence electrons. The molecule has 0 radical (unpaired) electrons. The van der Waals surface area contributed by atoms with Crippen molar-refractivity contribution in [2.75, 3.05) is 44.2 Å². The Kier molecular flexibility index (Phi) is 5.14. The number of anilines is 1. The highest BCUT2D eigenvalue weighted by Gasteiger charge is 2.18. The highest BCUT2D eigenvalue weighted by atomic mass is 32.1. The van der Waals surface area contributed by atoms with Crippen molar-refractivity contribution < 1.29 is 4.79 Å². The maximum absolute atomic E-state index is 12.0. The van der Waals surface area contributed by atoms with E-state index in [9.17, 15) is 4.79 Å². The van der Waals surface area contributed by atoms with Gasteiger partial charge in [0.25, 0.3) is 5.91 Å². The van der Waals surface area contributed by atoms with Crippen molar-refractivity contribution in [3.63, 3.8) is 0 Å². The van der Waals surface area contributed by atoms with Crippen molar-refractivity contribution in [2.45, 2.75) is 6.92 Å². The highest BCUT2D eigenvalue weighted by Crippen LogP contribution is 2.11. The maximum atomic E-state index is 12.0. The van der Waals surface area contributed by atoms with Crippen LogP contribution in [0.1, 0.15) is 14.7 Å². The summed E-state index contributed by atoms with van der Waals surface area (Å²) in [5, 5.41) is 3.87. The first kappa shape index (κ1) is 15.8. The molecule has 0 aliphatic carbocycles. The fourth-order valence-electron chi connectivity index (χ4n) is 2.51. The van der Waals surface area contributed by atoms with Crippen molar-refractivity contribution in [3.05, 3.63) is 34.5 Å². The van der Waals surface area contributed by atoms with Crippen molar-refractivity contribution in [1.29, 1.82) is 0 Å². The number of aromatic nitrogens is 3. The molecule has 3 rings (SSSR count). The Morgan fingerprint density at radius 3 is 2.61 bits per heavy atom. The van der Waals surface area contributed by atoms with Crippen LogP contribution in [0.4, 0.5) is 5.95 Å². The van der Waals surface area contributed by atoms with Gasteiger partial charge in [-0.3, -0.25) is 9.69 Å². The molecule has 1 fully saturated rings. The van der Waals surface area contributed by atoms with E-state index in [1.165, 1.54) is 11.3 Å². The van der Waals surface area contributed by atoms with E-state index in [1.54, 1.807) is 18.6 Å². The molecular formula is C15H20N6OS. The number of nitrogens with one attached hydrogen (secondary N) is 1. The molecule has 0 aromatic carbocycles. The highest BCUT2D eigenvalue weighted by molar-refractivity contribution is 7.13. The van der Waals surface area contributed by atoms with Gasteiger partial charge in [-0.05, 0) is 13.0 Å². The standard InChI is InChI=1S/C15H20N6OS/c1-12-19-11-13(23-12)14(22)16-5-6-20-7-9-21(10-8-20)15-17-3-2-4-18-15/h2-4,11H,5-10H2,1H3,(H,16,22). The van der Waals surface area contributed by atoms with E-state index in [1.807, 2.05) is 13.0 Å². The molecule has 1 aliphatic heterocycles. The summed E-state index contributed by atoms with van der Waals surface area (Å²) in [4.78, 5) is 29.8.